The van der Waals surface area contributed by atoms with E-state index in [1.54, 1.807) is 24.7 Å². The summed E-state index contributed by atoms with van der Waals surface area (Å²) in [5, 5.41) is 14.0. The zero-order valence-corrected chi connectivity index (χ0v) is 12.0. The van der Waals surface area contributed by atoms with Gasteiger partial charge in [0.25, 0.3) is 5.69 Å². The van der Waals surface area contributed by atoms with Crippen molar-refractivity contribution in [3.8, 4) is 0 Å². The third-order valence-electron chi connectivity index (χ3n) is 2.92. The van der Waals surface area contributed by atoms with Gasteiger partial charge in [-0.1, -0.05) is 11.6 Å². The minimum absolute atomic E-state index is 0.0931. The van der Waals surface area contributed by atoms with Crippen LogP contribution >= 0.6 is 11.6 Å². The molecular formula is C13H15ClN4O2. The molecule has 0 aliphatic carbocycles. The van der Waals surface area contributed by atoms with Crippen LogP contribution in [0.4, 0.5) is 11.4 Å². The lowest BCUT2D eigenvalue weighted by Gasteiger charge is -2.13. The molecule has 0 aliphatic rings. The van der Waals surface area contributed by atoms with Gasteiger partial charge in [0.1, 0.15) is 5.02 Å². The largest absolute Gasteiger partial charge is 0.379 e. The number of hydrogen-bond donors (Lipinski definition) is 1. The van der Waals surface area contributed by atoms with Gasteiger partial charge < -0.3 is 9.88 Å². The third kappa shape index (κ3) is 3.08. The molecule has 0 atom stereocenters. The first-order valence-corrected chi connectivity index (χ1v) is 6.55. The molecule has 0 amide bonds. The second kappa shape index (κ2) is 5.92. The van der Waals surface area contributed by atoms with Gasteiger partial charge in [0.05, 0.1) is 23.5 Å². The summed E-state index contributed by atoms with van der Waals surface area (Å²) in [6.45, 7) is 4.73. The third-order valence-corrected chi connectivity index (χ3v) is 3.22. The molecule has 6 nitrogen and oxygen atoms in total. The molecule has 2 rings (SSSR count). The number of nitrogens with zero attached hydrogens (tertiary/aromatic N) is 3. The maximum Gasteiger partial charge on any atom is 0.288 e. The molecule has 1 heterocycles. The van der Waals surface area contributed by atoms with E-state index in [1.165, 1.54) is 6.07 Å². The molecule has 2 aromatic rings. The van der Waals surface area contributed by atoms with Crippen molar-refractivity contribution in [2.45, 2.75) is 26.4 Å². The van der Waals surface area contributed by atoms with Crippen LogP contribution in [-0.4, -0.2) is 14.5 Å². The molecule has 0 saturated heterocycles. The monoisotopic (exact) mass is 294 g/mol. The van der Waals surface area contributed by atoms with E-state index < -0.39 is 4.92 Å². The fourth-order valence-electron chi connectivity index (χ4n) is 1.89. The van der Waals surface area contributed by atoms with Gasteiger partial charge in [-0.2, -0.15) is 0 Å². The number of anilines is 1. The Labute approximate surface area is 121 Å². The van der Waals surface area contributed by atoms with Gasteiger partial charge in [-0.25, -0.2) is 4.98 Å². The van der Waals surface area contributed by atoms with E-state index in [4.69, 9.17) is 11.6 Å². The van der Waals surface area contributed by atoms with Crippen LogP contribution in [0.5, 0.6) is 0 Å². The SMILES string of the molecule is CC(C)n1cncc1CNc1ccc([N+](=O)[O-])c(Cl)c1. The molecule has 20 heavy (non-hydrogen) atoms. The van der Waals surface area contributed by atoms with Gasteiger partial charge in [0.15, 0.2) is 0 Å². The topological polar surface area (TPSA) is 73.0 Å². The molecule has 7 heteroatoms. The summed E-state index contributed by atoms with van der Waals surface area (Å²) in [7, 11) is 0. The Morgan fingerprint density at radius 1 is 1.50 bits per heavy atom. The number of benzene rings is 1. The fraction of sp³-hybridized carbons (Fsp3) is 0.308. The Morgan fingerprint density at radius 2 is 2.25 bits per heavy atom. The van der Waals surface area contributed by atoms with Crippen LogP contribution in [0, 0.1) is 10.1 Å². The molecule has 0 spiro atoms. The number of aromatic nitrogens is 2. The van der Waals surface area contributed by atoms with Crippen molar-refractivity contribution in [3.63, 3.8) is 0 Å². The molecule has 0 fully saturated rings. The van der Waals surface area contributed by atoms with E-state index in [-0.39, 0.29) is 10.7 Å². The van der Waals surface area contributed by atoms with Gasteiger partial charge >= 0.3 is 0 Å². The van der Waals surface area contributed by atoms with Gasteiger partial charge in [-0.15, -0.1) is 0 Å². The van der Waals surface area contributed by atoms with Gasteiger partial charge in [-0.3, -0.25) is 10.1 Å². The first-order valence-electron chi connectivity index (χ1n) is 6.17. The highest BCUT2D eigenvalue weighted by atomic mass is 35.5. The van der Waals surface area contributed by atoms with Crippen molar-refractivity contribution in [1.29, 1.82) is 0 Å². The molecule has 0 saturated carbocycles. The highest BCUT2D eigenvalue weighted by molar-refractivity contribution is 6.32. The lowest BCUT2D eigenvalue weighted by atomic mass is 10.2. The van der Waals surface area contributed by atoms with E-state index in [0.29, 0.717) is 12.6 Å². The number of halogens is 1. The van der Waals surface area contributed by atoms with Crippen molar-refractivity contribution < 1.29 is 4.92 Å². The summed E-state index contributed by atoms with van der Waals surface area (Å²) >= 11 is 5.87. The van der Waals surface area contributed by atoms with Gasteiger partial charge in [0.2, 0.25) is 0 Å². The van der Waals surface area contributed by atoms with Crippen LogP contribution in [0.15, 0.2) is 30.7 Å². The van der Waals surface area contributed by atoms with Crippen LogP contribution in [-0.2, 0) is 6.54 Å². The molecule has 1 N–H and O–H groups in total. The van der Waals surface area contributed by atoms with Crippen LogP contribution in [0.1, 0.15) is 25.6 Å². The Bertz CT molecular complexity index is 625. The Morgan fingerprint density at radius 3 is 2.85 bits per heavy atom. The highest BCUT2D eigenvalue weighted by Crippen LogP contribution is 2.27. The number of rotatable bonds is 5. The molecule has 0 bridgehead atoms. The first kappa shape index (κ1) is 14.3. The standard InChI is InChI=1S/C13H15ClN4O2/c1-9(2)17-8-15-6-11(17)7-16-10-3-4-13(18(19)20)12(14)5-10/h3-6,8-9,16H,7H2,1-2H3. The zero-order chi connectivity index (χ0) is 14.7. The van der Waals surface area contributed by atoms with Crippen molar-refractivity contribution in [2.24, 2.45) is 0 Å². The Hall–Kier alpha value is -2.08. The summed E-state index contributed by atoms with van der Waals surface area (Å²) in [5.41, 5.74) is 1.68. The number of nitrogens with one attached hydrogen (secondary N) is 1. The minimum atomic E-state index is -0.500. The summed E-state index contributed by atoms with van der Waals surface area (Å²) in [5.74, 6) is 0. The highest BCUT2D eigenvalue weighted by Gasteiger charge is 2.12. The number of nitro benzene ring substituents is 1. The summed E-state index contributed by atoms with van der Waals surface area (Å²) in [6, 6.07) is 4.91. The van der Waals surface area contributed by atoms with E-state index in [0.717, 1.165) is 11.4 Å². The van der Waals surface area contributed by atoms with Crippen molar-refractivity contribution in [3.05, 3.63) is 51.6 Å². The summed E-state index contributed by atoms with van der Waals surface area (Å²) < 4.78 is 2.06. The molecule has 0 radical (unpaired) electrons. The number of nitro groups is 1. The maximum absolute atomic E-state index is 10.7. The Kier molecular flexibility index (Phi) is 4.24. The number of imidazole rings is 1. The van der Waals surface area contributed by atoms with Crippen molar-refractivity contribution in [2.75, 3.05) is 5.32 Å². The molecule has 0 unspecified atom stereocenters. The Balaban J connectivity index is 2.09. The van der Waals surface area contributed by atoms with Crippen LogP contribution in [0.25, 0.3) is 0 Å². The lowest BCUT2D eigenvalue weighted by molar-refractivity contribution is -0.384. The molecular weight excluding hydrogens is 280 g/mol. The number of hydrogen-bond acceptors (Lipinski definition) is 4. The van der Waals surface area contributed by atoms with E-state index in [9.17, 15) is 10.1 Å². The maximum atomic E-state index is 10.7. The van der Waals surface area contributed by atoms with E-state index in [1.807, 2.05) is 0 Å². The minimum Gasteiger partial charge on any atom is -0.379 e. The molecule has 1 aromatic heterocycles. The van der Waals surface area contributed by atoms with Gasteiger partial charge in [-0.05, 0) is 26.0 Å². The van der Waals surface area contributed by atoms with Crippen molar-refractivity contribution >= 4 is 23.0 Å². The predicted molar refractivity (Wildman–Crippen MR) is 78.0 cm³/mol. The summed E-state index contributed by atoms with van der Waals surface area (Å²) in [6.07, 6.45) is 3.57. The summed E-state index contributed by atoms with van der Waals surface area (Å²) in [4.78, 5) is 14.3. The second-order valence-corrected chi connectivity index (χ2v) is 5.07. The second-order valence-electron chi connectivity index (χ2n) is 4.66. The van der Waals surface area contributed by atoms with E-state index in [2.05, 4.69) is 28.7 Å². The molecule has 1 aromatic carbocycles. The predicted octanol–water partition coefficient (Wildman–Crippen LogP) is 3.64. The smallest absolute Gasteiger partial charge is 0.288 e. The van der Waals surface area contributed by atoms with Crippen LogP contribution in [0.3, 0.4) is 0 Å². The molecule has 106 valence electrons. The van der Waals surface area contributed by atoms with Crippen molar-refractivity contribution in [1.82, 2.24) is 9.55 Å². The van der Waals surface area contributed by atoms with Crippen LogP contribution < -0.4 is 5.32 Å². The molecule has 0 aliphatic heterocycles. The fourth-order valence-corrected chi connectivity index (χ4v) is 2.14. The van der Waals surface area contributed by atoms with Crippen LogP contribution in [0.2, 0.25) is 5.02 Å². The lowest BCUT2D eigenvalue weighted by Crippen LogP contribution is -2.08. The first-order chi connectivity index (χ1) is 9.49. The average Bonchev–Trinajstić information content (AvgIpc) is 2.84. The van der Waals surface area contributed by atoms with E-state index >= 15 is 0 Å². The van der Waals surface area contributed by atoms with Gasteiger partial charge in [0, 0.05) is 24.0 Å². The average molecular weight is 295 g/mol. The normalized spacial score (nSPS) is 10.8. The zero-order valence-electron chi connectivity index (χ0n) is 11.2. The quantitative estimate of drug-likeness (QED) is 0.675.